The zero-order valence-electron chi connectivity index (χ0n) is 18.2. The van der Waals surface area contributed by atoms with Crippen molar-refractivity contribution in [3.8, 4) is 0 Å². The average molecular weight is 424 g/mol. The number of hydrogen-bond donors (Lipinski definition) is 1. The summed E-state index contributed by atoms with van der Waals surface area (Å²) in [4.78, 5) is 42.2. The van der Waals surface area contributed by atoms with E-state index < -0.39 is 11.4 Å². The first kappa shape index (κ1) is 21.2. The third-order valence-electron chi connectivity index (χ3n) is 6.17. The van der Waals surface area contributed by atoms with E-state index in [-0.39, 0.29) is 35.3 Å². The lowest BCUT2D eigenvalue weighted by atomic mass is 9.64. The normalized spacial score (nSPS) is 22.8. The monoisotopic (exact) mass is 424 g/mol. The summed E-state index contributed by atoms with van der Waals surface area (Å²) >= 11 is 0. The second kappa shape index (κ2) is 7.87. The van der Waals surface area contributed by atoms with E-state index in [1.54, 1.807) is 17.9 Å². The molecule has 0 radical (unpaired) electrons. The van der Waals surface area contributed by atoms with E-state index >= 15 is 0 Å². The van der Waals surface area contributed by atoms with E-state index in [0.717, 1.165) is 6.42 Å². The Hall–Kier alpha value is -3.09. The molecule has 1 aromatic carbocycles. The van der Waals surface area contributed by atoms with Crippen LogP contribution in [0.1, 0.15) is 52.0 Å². The number of para-hydroxylation sites is 1. The van der Waals surface area contributed by atoms with Crippen molar-refractivity contribution in [2.24, 2.45) is 11.7 Å². The van der Waals surface area contributed by atoms with Crippen LogP contribution < -0.4 is 10.6 Å². The maximum absolute atomic E-state index is 14.2. The Morgan fingerprint density at radius 3 is 2.71 bits per heavy atom. The fourth-order valence-electron chi connectivity index (χ4n) is 4.83. The fraction of sp³-hybridized carbons (Fsp3) is 0.458. The third kappa shape index (κ3) is 3.06. The molecular weight excluding hydrogens is 396 g/mol. The maximum Gasteiger partial charge on any atom is 0.341 e. The molecule has 7 nitrogen and oxygen atoms in total. The Bertz CT molecular complexity index is 1020. The highest BCUT2D eigenvalue weighted by molar-refractivity contribution is 6.23. The minimum absolute atomic E-state index is 0.0900. The number of hydrogen-bond acceptors (Lipinski definition) is 6. The van der Waals surface area contributed by atoms with Gasteiger partial charge in [0.1, 0.15) is 16.7 Å². The molecule has 3 aliphatic rings. The summed E-state index contributed by atoms with van der Waals surface area (Å²) in [6, 6.07) is 7.31. The van der Waals surface area contributed by atoms with Crippen LogP contribution in [0.3, 0.4) is 0 Å². The molecule has 1 spiro atoms. The molecule has 0 saturated carbocycles. The van der Waals surface area contributed by atoms with Crippen LogP contribution in [0.4, 0.5) is 5.69 Å². The van der Waals surface area contributed by atoms with Gasteiger partial charge in [-0.1, -0.05) is 32.0 Å². The molecule has 0 fully saturated rings. The molecule has 2 aliphatic heterocycles. The molecule has 1 aliphatic carbocycles. The Labute approximate surface area is 181 Å². The lowest BCUT2D eigenvalue weighted by molar-refractivity contribution is -0.141. The first-order valence-corrected chi connectivity index (χ1v) is 10.9. The second-order valence-electron chi connectivity index (χ2n) is 8.54. The number of Topliss-reactive ketones (excluding diaryl/α,β-unsaturated/α-hetero) is 1. The summed E-state index contributed by atoms with van der Waals surface area (Å²) in [6.45, 7) is 6.44. The van der Waals surface area contributed by atoms with Crippen molar-refractivity contribution in [3.63, 3.8) is 0 Å². The highest BCUT2D eigenvalue weighted by Crippen LogP contribution is 2.56. The molecule has 0 bridgehead atoms. The average Bonchev–Trinajstić information content (AvgIpc) is 2.95. The van der Waals surface area contributed by atoms with Gasteiger partial charge in [-0.25, -0.2) is 4.79 Å². The zero-order chi connectivity index (χ0) is 22.3. The number of benzene rings is 1. The van der Waals surface area contributed by atoms with E-state index in [1.165, 1.54) is 0 Å². The van der Waals surface area contributed by atoms with Crippen molar-refractivity contribution < 1.29 is 23.9 Å². The van der Waals surface area contributed by atoms with Gasteiger partial charge in [0.25, 0.3) is 0 Å². The Balaban J connectivity index is 2.01. The summed E-state index contributed by atoms with van der Waals surface area (Å²) in [5.41, 5.74) is 6.03. The van der Waals surface area contributed by atoms with Gasteiger partial charge in [-0.3, -0.25) is 9.59 Å². The lowest BCUT2D eigenvalue weighted by Gasteiger charge is -2.38. The first-order valence-electron chi connectivity index (χ1n) is 10.9. The Kier molecular flexibility index (Phi) is 5.37. The van der Waals surface area contributed by atoms with Crippen molar-refractivity contribution in [1.29, 1.82) is 0 Å². The van der Waals surface area contributed by atoms with Gasteiger partial charge in [-0.05, 0) is 31.7 Å². The van der Waals surface area contributed by atoms with Gasteiger partial charge in [-0.2, -0.15) is 0 Å². The van der Waals surface area contributed by atoms with Gasteiger partial charge in [0.2, 0.25) is 11.8 Å². The number of rotatable bonds is 5. The van der Waals surface area contributed by atoms with E-state index in [4.69, 9.17) is 15.2 Å². The molecular formula is C24H28N2O5. The number of nitrogens with two attached hydrogens (primary N) is 1. The number of ketones is 1. The van der Waals surface area contributed by atoms with Gasteiger partial charge in [-0.15, -0.1) is 0 Å². The summed E-state index contributed by atoms with van der Waals surface area (Å²) < 4.78 is 11.1. The first-order chi connectivity index (χ1) is 14.8. The fourth-order valence-corrected chi connectivity index (χ4v) is 4.83. The number of nitrogens with zero attached hydrogens (tertiary/aromatic N) is 1. The predicted molar refractivity (Wildman–Crippen MR) is 115 cm³/mol. The topological polar surface area (TPSA) is 98.9 Å². The minimum Gasteiger partial charge on any atom is -0.462 e. The Morgan fingerprint density at radius 2 is 2.00 bits per heavy atom. The van der Waals surface area contributed by atoms with Crippen LogP contribution in [0.2, 0.25) is 0 Å². The Morgan fingerprint density at radius 1 is 1.26 bits per heavy atom. The summed E-state index contributed by atoms with van der Waals surface area (Å²) in [7, 11) is 0. The number of anilines is 1. The van der Waals surface area contributed by atoms with Crippen LogP contribution >= 0.6 is 0 Å². The number of ether oxygens (including phenoxy) is 2. The van der Waals surface area contributed by atoms with Gasteiger partial charge in [0.05, 0.1) is 12.2 Å². The summed E-state index contributed by atoms with van der Waals surface area (Å²) in [6.07, 6.45) is 2.17. The van der Waals surface area contributed by atoms with Crippen LogP contribution in [0.15, 0.2) is 47.1 Å². The van der Waals surface area contributed by atoms with Crippen LogP contribution in [-0.4, -0.2) is 30.8 Å². The lowest BCUT2D eigenvalue weighted by Crippen LogP contribution is -2.51. The molecule has 4 rings (SSSR count). The van der Waals surface area contributed by atoms with Crippen molar-refractivity contribution in [2.75, 3.05) is 18.1 Å². The number of esters is 1. The molecule has 1 unspecified atom stereocenters. The number of allylic oxidation sites excluding steroid dienone is 1. The van der Waals surface area contributed by atoms with Crippen LogP contribution in [-0.2, 0) is 29.3 Å². The van der Waals surface area contributed by atoms with Gasteiger partial charge in [0, 0.05) is 30.6 Å². The molecule has 1 aromatic rings. The van der Waals surface area contributed by atoms with Crippen molar-refractivity contribution in [3.05, 3.63) is 52.6 Å². The summed E-state index contributed by atoms with van der Waals surface area (Å²) in [5, 5.41) is 0. The highest BCUT2D eigenvalue weighted by Gasteiger charge is 2.63. The molecule has 7 heteroatoms. The highest BCUT2D eigenvalue weighted by atomic mass is 16.5. The second-order valence-corrected chi connectivity index (χ2v) is 8.54. The largest absolute Gasteiger partial charge is 0.462 e. The third-order valence-corrected chi connectivity index (χ3v) is 6.17. The van der Waals surface area contributed by atoms with Crippen molar-refractivity contribution >= 4 is 23.3 Å². The van der Waals surface area contributed by atoms with Crippen LogP contribution in [0.25, 0.3) is 0 Å². The quantitative estimate of drug-likeness (QED) is 0.730. The van der Waals surface area contributed by atoms with Gasteiger partial charge < -0.3 is 20.1 Å². The van der Waals surface area contributed by atoms with E-state index in [9.17, 15) is 14.4 Å². The predicted octanol–water partition coefficient (Wildman–Crippen LogP) is 3.09. The van der Waals surface area contributed by atoms with Gasteiger partial charge in [0.15, 0.2) is 5.78 Å². The SMILES string of the molecule is CCOC(=O)C1=C(N)OC2=C(C(=O)CCC2)C12C(=O)N(CCC(C)C)c1ccccc12. The van der Waals surface area contributed by atoms with Crippen LogP contribution in [0.5, 0.6) is 0 Å². The molecule has 1 amide bonds. The molecule has 0 aromatic heterocycles. The minimum atomic E-state index is -1.63. The maximum atomic E-state index is 14.2. The molecule has 31 heavy (non-hydrogen) atoms. The number of fused-ring (bicyclic) bond motifs is 3. The van der Waals surface area contributed by atoms with Gasteiger partial charge >= 0.3 is 5.97 Å². The molecule has 2 N–H and O–H groups in total. The molecule has 2 heterocycles. The van der Waals surface area contributed by atoms with E-state index in [1.807, 2.05) is 18.2 Å². The number of carbonyl (C=O) groups is 3. The summed E-state index contributed by atoms with van der Waals surface area (Å²) in [5.74, 6) is -0.673. The smallest absolute Gasteiger partial charge is 0.341 e. The number of carbonyl (C=O) groups excluding carboxylic acids is 3. The van der Waals surface area contributed by atoms with Crippen LogP contribution in [0, 0.1) is 5.92 Å². The molecule has 1 atom stereocenters. The number of amides is 1. The van der Waals surface area contributed by atoms with E-state index in [2.05, 4.69) is 13.8 Å². The van der Waals surface area contributed by atoms with Crippen molar-refractivity contribution in [1.82, 2.24) is 0 Å². The van der Waals surface area contributed by atoms with Crippen molar-refractivity contribution in [2.45, 2.75) is 51.9 Å². The van der Waals surface area contributed by atoms with E-state index in [0.29, 0.717) is 48.7 Å². The zero-order valence-corrected chi connectivity index (χ0v) is 18.2. The molecule has 0 saturated heterocycles. The standard InChI is InChI=1S/C24H28N2O5/c1-4-30-22(28)20-21(25)31-18-11-7-10-17(27)19(18)24(20)15-8-5-6-9-16(15)26(23(24)29)13-12-14(2)3/h5-6,8-9,14H,4,7,10-13,25H2,1-3H3. The molecule has 164 valence electrons.